The van der Waals surface area contributed by atoms with Crippen molar-refractivity contribution in [2.24, 2.45) is 0 Å². The van der Waals surface area contributed by atoms with Crippen LogP contribution in [-0.2, 0) is 14.3 Å². The van der Waals surface area contributed by atoms with Gasteiger partial charge < -0.3 is 9.84 Å². The van der Waals surface area contributed by atoms with Gasteiger partial charge in [0.2, 0.25) is 5.78 Å². The van der Waals surface area contributed by atoms with E-state index in [2.05, 4.69) is 36.6 Å². The van der Waals surface area contributed by atoms with Gasteiger partial charge in [-0.1, -0.05) is 0 Å². The summed E-state index contributed by atoms with van der Waals surface area (Å²) < 4.78 is 4.87. The number of carbonyl (C=O) groups is 2. The smallest absolute Gasteiger partial charge is 0.309 e. The van der Waals surface area contributed by atoms with Gasteiger partial charge in [0.15, 0.2) is 0 Å². The van der Waals surface area contributed by atoms with Crippen molar-refractivity contribution in [3.8, 4) is 0 Å². The van der Waals surface area contributed by atoms with E-state index in [0.29, 0.717) is 0 Å². The molecule has 0 aromatic heterocycles. The first kappa shape index (κ1) is 12.6. The SMILES string of the molecule is COC(=O)CC1(O)C=C(Br)C(=O)C(Br)=C1. The van der Waals surface area contributed by atoms with Crippen molar-refractivity contribution in [2.75, 3.05) is 7.11 Å². The summed E-state index contributed by atoms with van der Waals surface area (Å²) in [4.78, 5) is 22.3. The van der Waals surface area contributed by atoms with Crippen LogP contribution >= 0.6 is 31.9 Å². The standard InChI is InChI=1S/C9H8Br2O4/c1-15-7(12)4-9(14)2-5(10)8(13)6(11)3-9/h2-3,14H,4H2,1H3. The third kappa shape index (κ3) is 2.99. The first-order valence-electron chi connectivity index (χ1n) is 3.98. The van der Waals surface area contributed by atoms with Crippen molar-refractivity contribution in [1.29, 1.82) is 0 Å². The number of allylic oxidation sites excluding steroid dienone is 2. The van der Waals surface area contributed by atoms with Gasteiger partial charge in [-0.05, 0) is 44.0 Å². The zero-order valence-electron chi connectivity index (χ0n) is 7.79. The summed E-state index contributed by atoms with van der Waals surface area (Å²) >= 11 is 6.02. The fourth-order valence-corrected chi connectivity index (χ4v) is 2.62. The molecule has 0 amide bonds. The number of ketones is 1. The molecule has 1 aliphatic carbocycles. The van der Waals surface area contributed by atoms with Gasteiger partial charge >= 0.3 is 5.97 Å². The van der Waals surface area contributed by atoms with E-state index in [4.69, 9.17) is 0 Å². The topological polar surface area (TPSA) is 63.6 Å². The van der Waals surface area contributed by atoms with Crippen molar-refractivity contribution < 1.29 is 19.4 Å². The molecule has 0 unspecified atom stereocenters. The summed E-state index contributed by atoms with van der Waals surface area (Å²) in [5.74, 6) is -0.829. The summed E-state index contributed by atoms with van der Waals surface area (Å²) in [5, 5.41) is 9.97. The molecule has 0 aromatic rings. The Hall–Kier alpha value is -0.460. The van der Waals surface area contributed by atoms with Crippen LogP contribution in [0.3, 0.4) is 0 Å². The van der Waals surface area contributed by atoms with Crippen molar-refractivity contribution in [3.05, 3.63) is 21.1 Å². The van der Waals surface area contributed by atoms with Crippen LogP contribution in [0.1, 0.15) is 6.42 Å². The Labute approximate surface area is 103 Å². The van der Waals surface area contributed by atoms with E-state index < -0.39 is 11.6 Å². The second kappa shape index (κ2) is 4.59. The minimum Gasteiger partial charge on any atom is -0.469 e. The van der Waals surface area contributed by atoms with Crippen LogP contribution in [0.4, 0.5) is 0 Å². The largest absolute Gasteiger partial charge is 0.469 e. The third-order valence-corrected chi connectivity index (χ3v) is 3.02. The van der Waals surface area contributed by atoms with Gasteiger partial charge in [0.25, 0.3) is 0 Å². The highest BCUT2D eigenvalue weighted by Crippen LogP contribution is 2.31. The normalized spacial score (nSPS) is 19.3. The van der Waals surface area contributed by atoms with E-state index in [1.165, 1.54) is 19.3 Å². The molecule has 0 saturated carbocycles. The number of ether oxygens (including phenoxy) is 1. The molecular formula is C9H8Br2O4. The van der Waals surface area contributed by atoms with Gasteiger partial charge in [0, 0.05) is 0 Å². The molecule has 82 valence electrons. The van der Waals surface area contributed by atoms with Gasteiger partial charge in [0.1, 0.15) is 5.60 Å². The lowest BCUT2D eigenvalue weighted by molar-refractivity contribution is -0.143. The fourth-order valence-electron chi connectivity index (χ4n) is 1.13. The quantitative estimate of drug-likeness (QED) is 0.773. The van der Waals surface area contributed by atoms with Gasteiger partial charge in [-0.15, -0.1) is 0 Å². The predicted molar refractivity (Wildman–Crippen MR) is 60.6 cm³/mol. The molecule has 15 heavy (non-hydrogen) atoms. The lowest BCUT2D eigenvalue weighted by Crippen LogP contribution is -2.31. The van der Waals surface area contributed by atoms with Crippen LogP contribution in [0.2, 0.25) is 0 Å². The van der Waals surface area contributed by atoms with Crippen LogP contribution in [0, 0.1) is 0 Å². The Bertz CT molecular complexity index is 348. The van der Waals surface area contributed by atoms with Gasteiger partial charge in [-0.25, -0.2) is 0 Å². The zero-order valence-corrected chi connectivity index (χ0v) is 11.0. The van der Waals surface area contributed by atoms with Crippen LogP contribution in [-0.4, -0.2) is 29.6 Å². The Morgan fingerprint density at radius 2 is 1.93 bits per heavy atom. The van der Waals surface area contributed by atoms with E-state index in [1.807, 2.05) is 0 Å². The van der Waals surface area contributed by atoms with E-state index in [1.54, 1.807) is 0 Å². The molecular weight excluding hydrogens is 332 g/mol. The number of halogens is 2. The fraction of sp³-hybridized carbons (Fsp3) is 0.333. The van der Waals surface area contributed by atoms with E-state index >= 15 is 0 Å². The van der Waals surface area contributed by atoms with Gasteiger partial charge in [-0.3, -0.25) is 9.59 Å². The molecule has 0 heterocycles. The number of carbonyl (C=O) groups excluding carboxylic acids is 2. The average molecular weight is 340 g/mol. The van der Waals surface area contributed by atoms with Crippen LogP contribution in [0.15, 0.2) is 21.1 Å². The van der Waals surface area contributed by atoms with Crippen molar-refractivity contribution in [3.63, 3.8) is 0 Å². The molecule has 0 aromatic carbocycles. The van der Waals surface area contributed by atoms with Gasteiger partial charge in [0.05, 0.1) is 22.5 Å². The number of esters is 1. The third-order valence-electron chi connectivity index (χ3n) is 1.84. The minimum absolute atomic E-state index is 0.211. The maximum absolute atomic E-state index is 11.3. The van der Waals surface area contributed by atoms with E-state index in [9.17, 15) is 14.7 Å². The zero-order chi connectivity index (χ0) is 11.6. The number of methoxy groups -OCH3 is 1. The monoisotopic (exact) mass is 338 g/mol. The van der Waals surface area contributed by atoms with Crippen molar-refractivity contribution >= 4 is 43.6 Å². The Kier molecular flexibility index (Phi) is 3.86. The van der Waals surface area contributed by atoms with E-state index in [-0.39, 0.29) is 21.2 Å². The molecule has 6 heteroatoms. The highest BCUT2D eigenvalue weighted by Gasteiger charge is 2.32. The summed E-state index contributed by atoms with van der Waals surface area (Å²) in [6.07, 6.45) is 2.31. The predicted octanol–water partition coefficient (Wildman–Crippen LogP) is 1.42. The molecule has 1 N–H and O–H groups in total. The van der Waals surface area contributed by atoms with Crippen LogP contribution < -0.4 is 0 Å². The second-order valence-corrected chi connectivity index (χ2v) is 4.77. The molecule has 0 saturated heterocycles. The number of rotatable bonds is 2. The van der Waals surface area contributed by atoms with Crippen molar-refractivity contribution in [2.45, 2.75) is 12.0 Å². The molecule has 0 bridgehead atoms. The number of aliphatic hydroxyl groups is 1. The summed E-state index contributed by atoms with van der Waals surface area (Å²) in [6.45, 7) is 0. The molecule has 1 aliphatic rings. The second-order valence-electron chi connectivity index (χ2n) is 3.06. The average Bonchev–Trinajstić information content (AvgIpc) is 2.13. The summed E-state index contributed by atoms with van der Waals surface area (Å²) in [7, 11) is 1.23. The molecule has 1 rings (SSSR count). The number of Topliss-reactive ketones (excluding diaryl/α,β-unsaturated/α-hetero) is 1. The Morgan fingerprint density at radius 3 is 2.33 bits per heavy atom. The Morgan fingerprint density at radius 1 is 1.47 bits per heavy atom. The molecule has 4 nitrogen and oxygen atoms in total. The highest BCUT2D eigenvalue weighted by molar-refractivity contribution is 9.13. The highest BCUT2D eigenvalue weighted by atomic mass is 79.9. The Balaban J connectivity index is 2.95. The van der Waals surface area contributed by atoms with Crippen LogP contribution in [0.25, 0.3) is 0 Å². The number of hydrogen-bond acceptors (Lipinski definition) is 4. The van der Waals surface area contributed by atoms with Crippen molar-refractivity contribution in [1.82, 2.24) is 0 Å². The maximum Gasteiger partial charge on any atom is 0.309 e. The first-order valence-corrected chi connectivity index (χ1v) is 5.57. The number of hydrogen-bond donors (Lipinski definition) is 1. The lowest BCUT2D eigenvalue weighted by Gasteiger charge is -2.23. The molecule has 0 radical (unpaired) electrons. The molecule has 0 atom stereocenters. The maximum atomic E-state index is 11.3. The van der Waals surface area contributed by atoms with E-state index in [0.717, 1.165) is 0 Å². The summed E-state index contributed by atoms with van der Waals surface area (Å²) in [5.41, 5.74) is -1.49. The van der Waals surface area contributed by atoms with Gasteiger partial charge in [-0.2, -0.15) is 0 Å². The summed E-state index contributed by atoms with van der Waals surface area (Å²) in [6, 6.07) is 0. The minimum atomic E-state index is -1.49. The lowest BCUT2D eigenvalue weighted by atomic mass is 9.94. The molecule has 0 spiro atoms. The molecule has 0 fully saturated rings. The molecule has 0 aliphatic heterocycles. The van der Waals surface area contributed by atoms with Crippen LogP contribution in [0.5, 0.6) is 0 Å². The first-order chi connectivity index (χ1) is 6.88.